The summed E-state index contributed by atoms with van der Waals surface area (Å²) in [6, 6.07) is 8.29. The van der Waals surface area contributed by atoms with Gasteiger partial charge in [-0.3, -0.25) is 0 Å². The molecule has 2 unspecified atom stereocenters. The van der Waals surface area contributed by atoms with Crippen LogP contribution in [-0.2, 0) is 4.74 Å². The van der Waals surface area contributed by atoms with Crippen LogP contribution in [0.5, 0.6) is 5.75 Å². The van der Waals surface area contributed by atoms with Gasteiger partial charge in [-0.25, -0.2) is 0 Å². The Kier molecular flexibility index (Phi) is 6.89. The summed E-state index contributed by atoms with van der Waals surface area (Å²) in [6.07, 6.45) is 0.259. The highest BCUT2D eigenvalue weighted by Gasteiger charge is 2.16. The van der Waals surface area contributed by atoms with Gasteiger partial charge >= 0.3 is 0 Å². The van der Waals surface area contributed by atoms with E-state index in [9.17, 15) is 0 Å². The monoisotopic (exact) mass is 265 g/mol. The van der Waals surface area contributed by atoms with Gasteiger partial charge in [0, 0.05) is 5.56 Å². The number of benzene rings is 1. The maximum absolute atomic E-state index is 5.93. The normalized spacial score (nSPS) is 14.4. The Morgan fingerprint density at radius 1 is 1.16 bits per heavy atom. The van der Waals surface area contributed by atoms with Crippen molar-refractivity contribution in [1.29, 1.82) is 0 Å². The van der Waals surface area contributed by atoms with Crippen LogP contribution in [0.4, 0.5) is 0 Å². The first kappa shape index (κ1) is 16.0. The number of ether oxygens (including phenoxy) is 2. The van der Waals surface area contributed by atoms with E-state index >= 15 is 0 Å². The predicted molar refractivity (Wildman–Crippen MR) is 79.7 cm³/mol. The Morgan fingerprint density at radius 2 is 1.84 bits per heavy atom. The van der Waals surface area contributed by atoms with Gasteiger partial charge in [0.1, 0.15) is 5.75 Å². The lowest BCUT2D eigenvalue weighted by molar-refractivity contribution is 0.0225. The van der Waals surface area contributed by atoms with E-state index in [1.807, 2.05) is 32.2 Å². The van der Waals surface area contributed by atoms with Crippen molar-refractivity contribution < 1.29 is 9.47 Å². The Hall–Kier alpha value is -1.06. The van der Waals surface area contributed by atoms with E-state index in [1.54, 1.807) is 0 Å². The summed E-state index contributed by atoms with van der Waals surface area (Å²) in [4.78, 5) is 0. The minimum Gasteiger partial charge on any atom is -0.494 e. The van der Waals surface area contributed by atoms with Crippen LogP contribution < -0.4 is 10.1 Å². The number of hydrogen-bond donors (Lipinski definition) is 1. The molecule has 0 aromatic heterocycles. The lowest BCUT2D eigenvalue weighted by Crippen LogP contribution is -2.26. The highest BCUT2D eigenvalue weighted by atomic mass is 16.5. The summed E-state index contributed by atoms with van der Waals surface area (Å²) in [5.74, 6) is 1.46. The number of nitrogens with one attached hydrogen (secondary N) is 1. The molecular formula is C16H27NO2. The largest absolute Gasteiger partial charge is 0.494 e. The van der Waals surface area contributed by atoms with Gasteiger partial charge in [-0.2, -0.15) is 0 Å². The van der Waals surface area contributed by atoms with Crippen molar-refractivity contribution in [3.8, 4) is 5.75 Å². The zero-order valence-corrected chi connectivity index (χ0v) is 12.8. The molecule has 1 rings (SSSR count). The van der Waals surface area contributed by atoms with Gasteiger partial charge in [0.15, 0.2) is 0 Å². The van der Waals surface area contributed by atoms with Crippen LogP contribution in [0.2, 0.25) is 0 Å². The molecule has 0 heterocycles. The quantitative estimate of drug-likeness (QED) is 0.781. The van der Waals surface area contributed by atoms with Gasteiger partial charge < -0.3 is 14.8 Å². The second kappa shape index (κ2) is 8.18. The second-order valence-corrected chi connectivity index (χ2v) is 5.09. The predicted octanol–water partition coefficient (Wildman–Crippen LogP) is 3.41. The van der Waals surface area contributed by atoms with Gasteiger partial charge in [0.25, 0.3) is 0 Å². The third-order valence-corrected chi connectivity index (χ3v) is 3.41. The fourth-order valence-electron chi connectivity index (χ4n) is 1.82. The first-order valence-corrected chi connectivity index (χ1v) is 7.10. The van der Waals surface area contributed by atoms with Crippen LogP contribution in [-0.4, -0.2) is 26.4 Å². The molecule has 0 aliphatic rings. The van der Waals surface area contributed by atoms with Crippen molar-refractivity contribution in [2.75, 3.05) is 20.3 Å². The van der Waals surface area contributed by atoms with Crippen molar-refractivity contribution in [3.63, 3.8) is 0 Å². The molecule has 108 valence electrons. The van der Waals surface area contributed by atoms with E-state index in [0.717, 1.165) is 11.3 Å². The molecule has 3 heteroatoms. The van der Waals surface area contributed by atoms with Crippen LogP contribution >= 0.6 is 0 Å². The molecule has 0 spiro atoms. The lowest BCUT2D eigenvalue weighted by Gasteiger charge is -2.23. The molecule has 19 heavy (non-hydrogen) atoms. The fourth-order valence-corrected chi connectivity index (χ4v) is 1.82. The van der Waals surface area contributed by atoms with Crippen molar-refractivity contribution in [3.05, 3.63) is 29.8 Å². The van der Waals surface area contributed by atoms with Gasteiger partial charge in [-0.05, 0) is 32.9 Å². The summed E-state index contributed by atoms with van der Waals surface area (Å²) in [5, 5.41) is 3.31. The van der Waals surface area contributed by atoms with Crippen molar-refractivity contribution in [1.82, 2.24) is 5.32 Å². The minimum atomic E-state index is 0.156. The van der Waals surface area contributed by atoms with E-state index in [2.05, 4.69) is 32.2 Å². The van der Waals surface area contributed by atoms with Crippen LogP contribution in [0.25, 0.3) is 0 Å². The molecule has 0 bridgehead atoms. The Morgan fingerprint density at radius 3 is 2.42 bits per heavy atom. The van der Waals surface area contributed by atoms with Gasteiger partial charge in [-0.15, -0.1) is 0 Å². The molecule has 2 atom stereocenters. The third-order valence-electron chi connectivity index (χ3n) is 3.41. The highest BCUT2D eigenvalue weighted by molar-refractivity contribution is 5.36. The van der Waals surface area contributed by atoms with Crippen molar-refractivity contribution >= 4 is 0 Å². The smallest absolute Gasteiger partial charge is 0.124 e. The molecule has 1 N–H and O–H groups in total. The molecule has 0 fully saturated rings. The van der Waals surface area contributed by atoms with E-state index in [-0.39, 0.29) is 12.1 Å². The molecule has 1 aromatic rings. The van der Waals surface area contributed by atoms with E-state index in [4.69, 9.17) is 9.47 Å². The first-order chi connectivity index (χ1) is 9.10. The average molecular weight is 265 g/mol. The molecular weight excluding hydrogens is 238 g/mol. The Bertz CT molecular complexity index is 366. The summed E-state index contributed by atoms with van der Waals surface area (Å²) < 4.78 is 11.6. The van der Waals surface area contributed by atoms with Gasteiger partial charge in [0.2, 0.25) is 0 Å². The van der Waals surface area contributed by atoms with Crippen LogP contribution in [0.3, 0.4) is 0 Å². The SMILES string of the molecule is CCOc1ccccc1C(COC(C)C(C)C)NC. The topological polar surface area (TPSA) is 30.5 Å². The average Bonchev–Trinajstić information content (AvgIpc) is 2.41. The molecule has 0 amide bonds. The van der Waals surface area contributed by atoms with Gasteiger partial charge in [0.05, 0.1) is 25.4 Å². The first-order valence-electron chi connectivity index (χ1n) is 7.10. The van der Waals surface area contributed by atoms with Crippen LogP contribution in [0.15, 0.2) is 24.3 Å². The molecule has 0 saturated heterocycles. The molecule has 3 nitrogen and oxygen atoms in total. The standard InChI is InChI=1S/C16H27NO2/c1-6-18-16-10-8-7-9-14(16)15(17-5)11-19-13(4)12(2)3/h7-10,12-13,15,17H,6,11H2,1-5H3. The number of likely N-dealkylation sites (N-methyl/N-ethyl adjacent to an activating group) is 1. The molecule has 0 saturated carbocycles. The summed E-state index contributed by atoms with van der Waals surface area (Å²) in [7, 11) is 1.96. The Labute approximate surface area is 117 Å². The van der Waals surface area contributed by atoms with E-state index < -0.39 is 0 Å². The minimum absolute atomic E-state index is 0.156. The third kappa shape index (κ3) is 4.84. The zero-order chi connectivity index (χ0) is 14.3. The molecule has 0 aliphatic heterocycles. The number of hydrogen-bond acceptors (Lipinski definition) is 3. The highest BCUT2D eigenvalue weighted by Crippen LogP contribution is 2.25. The lowest BCUT2D eigenvalue weighted by atomic mass is 10.1. The summed E-state index contributed by atoms with van der Waals surface area (Å²) in [5.41, 5.74) is 1.16. The summed E-state index contributed by atoms with van der Waals surface area (Å²) >= 11 is 0. The van der Waals surface area contributed by atoms with Gasteiger partial charge in [-0.1, -0.05) is 32.0 Å². The summed E-state index contributed by atoms with van der Waals surface area (Å²) in [6.45, 7) is 9.80. The molecule has 0 aliphatic carbocycles. The van der Waals surface area contributed by atoms with Crippen molar-refractivity contribution in [2.45, 2.75) is 39.8 Å². The number of para-hydroxylation sites is 1. The van der Waals surface area contributed by atoms with Crippen LogP contribution in [0.1, 0.15) is 39.3 Å². The van der Waals surface area contributed by atoms with Crippen molar-refractivity contribution in [2.24, 2.45) is 5.92 Å². The maximum atomic E-state index is 5.93. The molecule has 1 aromatic carbocycles. The Balaban J connectivity index is 2.74. The zero-order valence-electron chi connectivity index (χ0n) is 12.8. The van der Waals surface area contributed by atoms with E-state index in [0.29, 0.717) is 19.1 Å². The molecule has 0 radical (unpaired) electrons. The second-order valence-electron chi connectivity index (χ2n) is 5.09. The number of rotatable bonds is 8. The fraction of sp³-hybridized carbons (Fsp3) is 0.625. The maximum Gasteiger partial charge on any atom is 0.124 e. The van der Waals surface area contributed by atoms with Crippen LogP contribution in [0, 0.1) is 5.92 Å². The van der Waals surface area contributed by atoms with E-state index in [1.165, 1.54) is 0 Å².